The van der Waals surface area contributed by atoms with Crippen LogP contribution < -0.4 is 10.6 Å². The van der Waals surface area contributed by atoms with Crippen molar-refractivity contribution < 1.29 is 4.79 Å². The summed E-state index contributed by atoms with van der Waals surface area (Å²) >= 11 is 6.22. The number of carbonyl (C=O) groups excluding carboxylic acids is 1. The highest BCUT2D eigenvalue weighted by Gasteiger charge is 2.20. The molecule has 2 rings (SSSR count). The maximum Gasteiger partial charge on any atom is 0.259 e. The fourth-order valence-electron chi connectivity index (χ4n) is 2.23. The molecule has 1 amide bonds. The fourth-order valence-corrected chi connectivity index (χ4v) is 2.54. The van der Waals surface area contributed by atoms with Crippen LogP contribution in [0.25, 0.3) is 0 Å². The minimum absolute atomic E-state index is 0.125. The van der Waals surface area contributed by atoms with Gasteiger partial charge in [-0.1, -0.05) is 36.7 Å². The molecule has 21 heavy (non-hydrogen) atoms. The molecule has 0 radical (unpaired) electrons. The Hall–Kier alpha value is -2.00. The molecular formula is C17H19ClN2O. The number of carbonyl (C=O) groups is 1. The number of nitrogen functional groups attached to an aromatic ring is 1. The summed E-state index contributed by atoms with van der Waals surface area (Å²) in [5.74, 6) is -0.125. The zero-order chi connectivity index (χ0) is 15.4. The molecule has 0 heterocycles. The number of anilines is 2. The number of nitrogens with two attached hydrogens (primary N) is 1. The summed E-state index contributed by atoms with van der Waals surface area (Å²) in [6.45, 7) is 4.56. The van der Waals surface area contributed by atoms with E-state index < -0.39 is 0 Å². The Bertz CT molecular complexity index is 655. The van der Waals surface area contributed by atoms with E-state index >= 15 is 0 Å². The highest BCUT2D eigenvalue weighted by Crippen LogP contribution is 2.27. The van der Waals surface area contributed by atoms with Crippen LogP contribution in [-0.2, 0) is 0 Å². The number of halogens is 1. The molecular weight excluding hydrogens is 284 g/mol. The number of rotatable bonds is 4. The zero-order valence-corrected chi connectivity index (χ0v) is 13.0. The second-order valence-corrected chi connectivity index (χ2v) is 5.41. The molecule has 0 bridgehead atoms. The predicted octanol–water partition coefficient (Wildman–Crippen LogP) is 4.29. The Morgan fingerprint density at radius 1 is 1.24 bits per heavy atom. The van der Waals surface area contributed by atoms with Gasteiger partial charge in [0.05, 0.1) is 22.0 Å². The van der Waals surface area contributed by atoms with E-state index in [2.05, 4.69) is 0 Å². The van der Waals surface area contributed by atoms with E-state index in [-0.39, 0.29) is 5.91 Å². The number of aryl methyl sites for hydroxylation is 1. The van der Waals surface area contributed by atoms with Gasteiger partial charge in [0.2, 0.25) is 0 Å². The Kier molecular flexibility index (Phi) is 4.86. The molecule has 0 saturated heterocycles. The molecule has 0 aromatic heterocycles. The van der Waals surface area contributed by atoms with Crippen molar-refractivity contribution in [2.45, 2.75) is 20.3 Å². The third-order valence-corrected chi connectivity index (χ3v) is 3.59. The van der Waals surface area contributed by atoms with Crippen LogP contribution in [-0.4, -0.2) is 12.5 Å². The fraction of sp³-hybridized carbons (Fsp3) is 0.235. The second-order valence-electron chi connectivity index (χ2n) is 5.00. The molecule has 4 heteroatoms. The van der Waals surface area contributed by atoms with Crippen LogP contribution in [0.2, 0.25) is 5.02 Å². The normalized spacial score (nSPS) is 10.4. The quantitative estimate of drug-likeness (QED) is 0.857. The average Bonchev–Trinajstić information content (AvgIpc) is 2.45. The van der Waals surface area contributed by atoms with E-state index in [1.165, 1.54) is 0 Å². The van der Waals surface area contributed by atoms with Crippen molar-refractivity contribution in [3.63, 3.8) is 0 Å². The van der Waals surface area contributed by atoms with Crippen LogP contribution in [0, 0.1) is 6.92 Å². The van der Waals surface area contributed by atoms with Gasteiger partial charge < -0.3 is 10.6 Å². The van der Waals surface area contributed by atoms with Crippen LogP contribution in [0.5, 0.6) is 0 Å². The first-order chi connectivity index (χ1) is 10.0. The van der Waals surface area contributed by atoms with Gasteiger partial charge in [0.25, 0.3) is 5.91 Å². The molecule has 2 aromatic rings. The molecule has 0 unspecified atom stereocenters. The first-order valence-electron chi connectivity index (χ1n) is 6.97. The third kappa shape index (κ3) is 3.37. The lowest BCUT2D eigenvalue weighted by Crippen LogP contribution is -2.32. The number of hydrogen-bond acceptors (Lipinski definition) is 2. The van der Waals surface area contributed by atoms with Gasteiger partial charge in [-0.2, -0.15) is 0 Å². The Balaban J connectivity index is 2.43. The summed E-state index contributed by atoms with van der Waals surface area (Å²) in [7, 11) is 0. The van der Waals surface area contributed by atoms with Crippen molar-refractivity contribution in [1.29, 1.82) is 0 Å². The van der Waals surface area contributed by atoms with Gasteiger partial charge in [-0.05, 0) is 43.2 Å². The highest BCUT2D eigenvalue weighted by atomic mass is 35.5. The van der Waals surface area contributed by atoms with Gasteiger partial charge in [-0.3, -0.25) is 4.79 Å². The van der Waals surface area contributed by atoms with E-state index in [0.29, 0.717) is 22.8 Å². The smallest absolute Gasteiger partial charge is 0.259 e. The van der Waals surface area contributed by atoms with Gasteiger partial charge in [0.15, 0.2) is 0 Å². The van der Waals surface area contributed by atoms with Gasteiger partial charge in [0, 0.05) is 6.54 Å². The Morgan fingerprint density at radius 3 is 2.57 bits per heavy atom. The summed E-state index contributed by atoms with van der Waals surface area (Å²) in [4.78, 5) is 14.5. The maximum absolute atomic E-state index is 12.8. The van der Waals surface area contributed by atoms with E-state index in [4.69, 9.17) is 17.3 Å². The summed E-state index contributed by atoms with van der Waals surface area (Å²) in [6.07, 6.45) is 0.837. The molecule has 0 aliphatic carbocycles. The van der Waals surface area contributed by atoms with Gasteiger partial charge >= 0.3 is 0 Å². The number of benzene rings is 2. The highest BCUT2D eigenvalue weighted by molar-refractivity contribution is 6.34. The lowest BCUT2D eigenvalue weighted by Gasteiger charge is -2.24. The van der Waals surface area contributed by atoms with Crippen molar-refractivity contribution in [2.24, 2.45) is 0 Å². The van der Waals surface area contributed by atoms with Crippen LogP contribution in [0.15, 0.2) is 42.5 Å². The van der Waals surface area contributed by atoms with E-state index in [9.17, 15) is 4.79 Å². The predicted molar refractivity (Wildman–Crippen MR) is 89.0 cm³/mol. The molecule has 2 aromatic carbocycles. The van der Waals surface area contributed by atoms with E-state index in [1.54, 1.807) is 23.1 Å². The van der Waals surface area contributed by atoms with Crippen molar-refractivity contribution in [3.05, 3.63) is 58.6 Å². The molecule has 2 N–H and O–H groups in total. The molecule has 3 nitrogen and oxygen atoms in total. The average molecular weight is 303 g/mol. The van der Waals surface area contributed by atoms with Crippen molar-refractivity contribution in [1.82, 2.24) is 0 Å². The number of para-hydroxylation sites is 2. The third-order valence-electron chi connectivity index (χ3n) is 3.27. The Morgan fingerprint density at radius 2 is 1.95 bits per heavy atom. The summed E-state index contributed by atoms with van der Waals surface area (Å²) in [5.41, 5.74) is 8.84. The lowest BCUT2D eigenvalue weighted by molar-refractivity contribution is 0.0987. The maximum atomic E-state index is 12.8. The van der Waals surface area contributed by atoms with Gasteiger partial charge in [0.1, 0.15) is 0 Å². The second kappa shape index (κ2) is 6.64. The Labute approximate surface area is 130 Å². The van der Waals surface area contributed by atoms with Crippen LogP contribution >= 0.6 is 11.6 Å². The van der Waals surface area contributed by atoms with Crippen molar-refractivity contribution >= 4 is 28.9 Å². The topological polar surface area (TPSA) is 46.3 Å². The minimum Gasteiger partial charge on any atom is -0.397 e. The molecule has 0 atom stereocenters. The lowest BCUT2D eigenvalue weighted by atomic mass is 10.1. The van der Waals surface area contributed by atoms with Crippen LogP contribution in [0.1, 0.15) is 29.3 Å². The molecule has 0 aliphatic heterocycles. The molecule has 0 aliphatic rings. The SMILES string of the molecule is CCCN(C(=O)c1ccc(C)cc1Cl)c1ccccc1N. The van der Waals surface area contributed by atoms with E-state index in [1.807, 2.05) is 38.1 Å². The summed E-state index contributed by atoms with van der Waals surface area (Å²) in [6, 6.07) is 12.8. The van der Waals surface area contributed by atoms with E-state index in [0.717, 1.165) is 17.7 Å². The first-order valence-corrected chi connectivity index (χ1v) is 7.35. The van der Waals surface area contributed by atoms with Crippen LogP contribution in [0.4, 0.5) is 11.4 Å². The van der Waals surface area contributed by atoms with Gasteiger partial charge in [-0.25, -0.2) is 0 Å². The summed E-state index contributed by atoms with van der Waals surface area (Å²) < 4.78 is 0. The number of amides is 1. The monoisotopic (exact) mass is 302 g/mol. The standard InChI is InChI=1S/C17H19ClN2O/c1-3-10-20(16-7-5-4-6-15(16)19)17(21)13-9-8-12(2)11-14(13)18/h4-9,11H,3,10,19H2,1-2H3. The largest absolute Gasteiger partial charge is 0.397 e. The number of nitrogens with zero attached hydrogens (tertiary/aromatic N) is 1. The van der Waals surface area contributed by atoms with Gasteiger partial charge in [-0.15, -0.1) is 0 Å². The zero-order valence-electron chi connectivity index (χ0n) is 12.3. The number of hydrogen-bond donors (Lipinski definition) is 1. The van der Waals surface area contributed by atoms with Crippen molar-refractivity contribution in [2.75, 3.05) is 17.2 Å². The molecule has 0 fully saturated rings. The van der Waals surface area contributed by atoms with Crippen LogP contribution in [0.3, 0.4) is 0 Å². The van der Waals surface area contributed by atoms with Crippen molar-refractivity contribution in [3.8, 4) is 0 Å². The minimum atomic E-state index is -0.125. The molecule has 0 saturated carbocycles. The molecule has 0 spiro atoms. The summed E-state index contributed by atoms with van der Waals surface area (Å²) in [5, 5.41) is 0.468. The molecule has 110 valence electrons. The first kappa shape index (κ1) is 15.4.